The van der Waals surface area contributed by atoms with Gasteiger partial charge in [-0.1, -0.05) is 6.07 Å². The molecule has 0 aromatic heterocycles. The third-order valence-corrected chi connectivity index (χ3v) is 2.80. The summed E-state index contributed by atoms with van der Waals surface area (Å²) in [7, 11) is 2.91. The van der Waals surface area contributed by atoms with E-state index in [9.17, 15) is 9.18 Å². The Balaban J connectivity index is 2.87. The molecule has 0 saturated heterocycles. The summed E-state index contributed by atoms with van der Waals surface area (Å²) in [4.78, 5) is 12.1. The topological polar surface area (TPSA) is 47.6 Å². The number of benzene rings is 1. The van der Waals surface area contributed by atoms with Crippen molar-refractivity contribution in [2.24, 2.45) is 0 Å². The Labute approximate surface area is 116 Å². The van der Waals surface area contributed by atoms with Crippen LogP contribution in [0.4, 0.5) is 4.39 Å². The zero-order valence-electron chi connectivity index (χ0n) is 10.9. The predicted molar refractivity (Wildman–Crippen MR) is 71.4 cm³/mol. The third-order valence-electron chi connectivity index (χ3n) is 2.58. The molecule has 1 amide bonds. The minimum absolute atomic E-state index is 0.110. The average Bonchev–Trinajstić information content (AvgIpc) is 2.38. The van der Waals surface area contributed by atoms with Gasteiger partial charge in [0.25, 0.3) is 5.91 Å². The smallest absolute Gasteiger partial charge is 0.258 e. The van der Waals surface area contributed by atoms with Crippen molar-refractivity contribution in [3.63, 3.8) is 0 Å². The number of rotatable bonds is 7. The van der Waals surface area contributed by atoms with Gasteiger partial charge in [0.1, 0.15) is 17.1 Å². The van der Waals surface area contributed by atoms with Crippen LogP contribution >= 0.6 is 11.6 Å². The molecule has 4 nitrogen and oxygen atoms in total. The van der Waals surface area contributed by atoms with Crippen molar-refractivity contribution in [2.75, 3.05) is 26.7 Å². The number of methoxy groups -OCH3 is 2. The maximum absolute atomic E-state index is 13.7. The number of hydrogen-bond acceptors (Lipinski definition) is 3. The first-order valence-corrected chi connectivity index (χ1v) is 6.35. The highest BCUT2D eigenvalue weighted by atomic mass is 35.5. The van der Waals surface area contributed by atoms with E-state index in [1.165, 1.54) is 32.4 Å². The minimum atomic E-state index is -0.626. The second-order valence-corrected chi connectivity index (χ2v) is 4.30. The van der Waals surface area contributed by atoms with Gasteiger partial charge in [0.2, 0.25) is 0 Å². The van der Waals surface area contributed by atoms with Crippen molar-refractivity contribution in [1.82, 2.24) is 5.32 Å². The van der Waals surface area contributed by atoms with Crippen molar-refractivity contribution in [2.45, 2.75) is 12.5 Å². The van der Waals surface area contributed by atoms with Gasteiger partial charge in [-0.15, -0.1) is 11.6 Å². The first-order chi connectivity index (χ1) is 9.13. The Morgan fingerprint density at radius 2 is 2.21 bits per heavy atom. The number of alkyl halides is 1. The molecule has 0 fully saturated rings. The monoisotopic (exact) mass is 289 g/mol. The molecule has 0 radical (unpaired) electrons. The van der Waals surface area contributed by atoms with E-state index in [1.807, 2.05) is 0 Å². The van der Waals surface area contributed by atoms with Crippen LogP contribution in [0.2, 0.25) is 0 Å². The number of carbonyl (C=O) groups excluding carboxylic acids is 1. The van der Waals surface area contributed by atoms with Gasteiger partial charge in [0.05, 0.1) is 19.8 Å². The molecule has 1 atom stereocenters. The van der Waals surface area contributed by atoms with Gasteiger partial charge < -0.3 is 14.8 Å². The van der Waals surface area contributed by atoms with E-state index in [2.05, 4.69) is 5.32 Å². The van der Waals surface area contributed by atoms with Crippen molar-refractivity contribution >= 4 is 17.5 Å². The highest BCUT2D eigenvalue weighted by Crippen LogP contribution is 2.21. The quantitative estimate of drug-likeness (QED) is 0.783. The van der Waals surface area contributed by atoms with Crippen LogP contribution in [0.5, 0.6) is 5.75 Å². The van der Waals surface area contributed by atoms with E-state index in [0.717, 1.165) is 0 Å². The van der Waals surface area contributed by atoms with Crippen LogP contribution in [-0.4, -0.2) is 38.7 Å². The molecular weight excluding hydrogens is 273 g/mol. The fourth-order valence-corrected chi connectivity index (χ4v) is 1.95. The number of amides is 1. The molecular formula is C13H17ClFNO3. The number of ether oxygens (including phenoxy) is 2. The maximum Gasteiger partial charge on any atom is 0.258 e. The number of carbonyl (C=O) groups is 1. The van der Waals surface area contributed by atoms with E-state index in [1.54, 1.807) is 0 Å². The van der Waals surface area contributed by atoms with Crippen LogP contribution in [0.15, 0.2) is 18.2 Å². The van der Waals surface area contributed by atoms with Crippen LogP contribution in [-0.2, 0) is 4.74 Å². The molecule has 0 aliphatic heterocycles. The van der Waals surface area contributed by atoms with Crippen LogP contribution in [0.3, 0.4) is 0 Å². The lowest BCUT2D eigenvalue weighted by molar-refractivity contribution is 0.0888. The summed E-state index contributed by atoms with van der Waals surface area (Å²) in [6.07, 6.45) is 0.540. The molecule has 19 heavy (non-hydrogen) atoms. The molecule has 0 aliphatic carbocycles. The van der Waals surface area contributed by atoms with Gasteiger partial charge in [0, 0.05) is 13.0 Å². The Kier molecular flexibility index (Phi) is 6.59. The zero-order chi connectivity index (χ0) is 14.3. The molecule has 0 spiro atoms. The molecule has 1 N–H and O–H groups in total. The molecule has 106 valence electrons. The predicted octanol–water partition coefficient (Wildman–Crippen LogP) is 2.21. The lowest BCUT2D eigenvalue weighted by atomic mass is 10.1. The average molecular weight is 290 g/mol. The molecule has 1 aromatic carbocycles. The van der Waals surface area contributed by atoms with E-state index >= 15 is 0 Å². The summed E-state index contributed by atoms with van der Waals surface area (Å²) in [5, 5.41) is 2.68. The molecule has 1 unspecified atom stereocenters. The standard InChI is InChI=1S/C13H17ClFNO3/c1-18-8-9(6-7-14)16-13(17)12-10(15)4-3-5-11(12)19-2/h3-5,9H,6-8H2,1-2H3,(H,16,17). The molecule has 0 saturated carbocycles. The first kappa shape index (κ1) is 15.7. The van der Waals surface area contributed by atoms with Crippen LogP contribution in [0.25, 0.3) is 0 Å². The Hall–Kier alpha value is -1.33. The number of nitrogens with one attached hydrogen (secondary N) is 1. The fraction of sp³-hybridized carbons (Fsp3) is 0.462. The van der Waals surface area contributed by atoms with Crippen molar-refractivity contribution in [3.05, 3.63) is 29.6 Å². The highest BCUT2D eigenvalue weighted by Gasteiger charge is 2.20. The molecule has 0 bridgehead atoms. The lowest BCUT2D eigenvalue weighted by Gasteiger charge is -2.18. The van der Waals surface area contributed by atoms with Gasteiger partial charge in [-0.05, 0) is 18.6 Å². The van der Waals surface area contributed by atoms with Crippen molar-refractivity contribution in [3.8, 4) is 5.75 Å². The Bertz CT molecular complexity index is 422. The third kappa shape index (κ3) is 4.36. The zero-order valence-corrected chi connectivity index (χ0v) is 11.7. The SMILES string of the molecule is COCC(CCCl)NC(=O)c1c(F)cccc1OC. The summed E-state index contributed by atoms with van der Waals surface area (Å²) in [5.41, 5.74) is -0.110. The largest absolute Gasteiger partial charge is 0.496 e. The molecule has 6 heteroatoms. The maximum atomic E-state index is 13.7. The highest BCUT2D eigenvalue weighted by molar-refractivity contribution is 6.17. The Morgan fingerprint density at radius 1 is 1.47 bits per heavy atom. The van der Waals surface area contributed by atoms with Crippen molar-refractivity contribution < 1.29 is 18.7 Å². The van der Waals surface area contributed by atoms with Gasteiger partial charge in [-0.25, -0.2) is 4.39 Å². The Morgan fingerprint density at radius 3 is 2.79 bits per heavy atom. The summed E-state index contributed by atoms with van der Waals surface area (Å²) in [5.74, 6) is -0.594. The van der Waals surface area contributed by atoms with Gasteiger partial charge >= 0.3 is 0 Å². The van der Waals surface area contributed by atoms with Crippen LogP contribution in [0.1, 0.15) is 16.8 Å². The van der Waals surface area contributed by atoms with Crippen LogP contribution in [0, 0.1) is 5.82 Å². The van der Waals surface area contributed by atoms with Crippen molar-refractivity contribution in [1.29, 1.82) is 0 Å². The molecule has 1 aromatic rings. The lowest BCUT2D eigenvalue weighted by Crippen LogP contribution is -2.38. The summed E-state index contributed by atoms with van der Waals surface area (Å²) in [6, 6.07) is 3.96. The van der Waals surface area contributed by atoms with E-state index in [4.69, 9.17) is 21.1 Å². The van der Waals surface area contributed by atoms with Gasteiger partial charge in [0.15, 0.2) is 0 Å². The van der Waals surface area contributed by atoms with Gasteiger partial charge in [-0.2, -0.15) is 0 Å². The number of hydrogen-bond donors (Lipinski definition) is 1. The number of halogens is 2. The van der Waals surface area contributed by atoms with E-state index in [-0.39, 0.29) is 17.4 Å². The normalized spacial score (nSPS) is 12.0. The summed E-state index contributed by atoms with van der Waals surface area (Å²) >= 11 is 5.65. The summed E-state index contributed by atoms with van der Waals surface area (Å²) < 4.78 is 23.7. The van der Waals surface area contributed by atoms with E-state index in [0.29, 0.717) is 18.9 Å². The first-order valence-electron chi connectivity index (χ1n) is 5.82. The second-order valence-electron chi connectivity index (χ2n) is 3.92. The second kappa shape index (κ2) is 7.96. The molecule has 0 heterocycles. The van der Waals surface area contributed by atoms with Gasteiger partial charge in [-0.3, -0.25) is 4.79 Å². The molecule has 1 rings (SSSR count). The fourth-order valence-electron chi connectivity index (χ4n) is 1.68. The summed E-state index contributed by atoms with van der Waals surface area (Å²) in [6.45, 7) is 0.315. The van der Waals surface area contributed by atoms with Crippen LogP contribution < -0.4 is 10.1 Å². The van der Waals surface area contributed by atoms with E-state index < -0.39 is 11.7 Å². The molecule has 0 aliphatic rings. The minimum Gasteiger partial charge on any atom is -0.496 e.